The lowest BCUT2D eigenvalue weighted by Crippen LogP contribution is -2.46. The first-order valence-electron chi connectivity index (χ1n) is 21.7. The van der Waals surface area contributed by atoms with Gasteiger partial charge in [0, 0.05) is 75.3 Å². The first-order valence-corrected chi connectivity index (χ1v) is 21.7. The molecule has 3 aromatic rings. The molecule has 1 aliphatic carbocycles. The number of carbonyl (C=O) groups is 1. The summed E-state index contributed by atoms with van der Waals surface area (Å²) in [6, 6.07) is 11.7. The standard InChI is InChI=1S/C35H43F2N7O3.C6H14O.C4H10.C2H6/c1-4-35(23-43-26-39-24-40-43,33-15-6-28(36)22-34(33)37)47-21-5-20-46-32-13-11-30(12-14-32)42-18-16-41(17-19-42)29-7-9-31(10-8-29)44(25-38-3)27(2)45;1-4-5(2)6(3)7;1-4(2)3;1-2/h6-7,9,11-15,22,24-26H,4-5,8,10,16-21,23H2,1-3H3;5-7H,4H2,1-3H3;4H,1-3H3;1-2H3/t35-;;;/m0.../s1. The fourth-order valence-corrected chi connectivity index (χ4v) is 6.46. The largest absolute Gasteiger partial charge is 0.494 e. The molecule has 1 saturated heterocycles. The molecule has 1 aromatic heterocycles. The third kappa shape index (κ3) is 16.8. The van der Waals surface area contributed by atoms with Crippen molar-refractivity contribution in [3.63, 3.8) is 0 Å². The molecule has 1 amide bonds. The van der Waals surface area contributed by atoms with E-state index in [4.69, 9.17) is 14.6 Å². The van der Waals surface area contributed by atoms with Crippen molar-refractivity contribution in [3.05, 3.63) is 95.9 Å². The average Bonchev–Trinajstić information content (AvgIpc) is 3.76. The molecule has 5 rings (SSSR count). The quantitative estimate of drug-likeness (QED) is 0.0864. The third-order valence-electron chi connectivity index (χ3n) is 10.2. The fourth-order valence-electron chi connectivity index (χ4n) is 6.46. The number of carbonyl (C=O) groups excluding carboxylic acids is 1. The van der Waals surface area contributed by atoms with Crippen LogP contribution in [0.25, 0.3) is 0 Å². The van der Waals surface area contributed by atoms with Gasteiger partial charge in [-0.05, 0) is 80.5 Å². The van der Waals surface area contributed by atoms with Crippen LogP contribution in [0.3, 0.4) is 0 Å². The number of rotatable bonds is 16. The normalized spacial score (nSPS) is 15.8. The van der Waals surface area contributed by atoms with E-state index in [9.17, 15) is 13.6 Å². The molecule has 0 spiro atoms. The summed E-state index contributed by atoms with van der Waals surface area (Å²) >= 11 is 0. The van der Waals surface area contributed by atoms with Crippen molar-refractivity contribution in [1.29, 1.82) is 0 Å². The second-order valence-electron chi connectivity index (χ2n) is 15.5. The Balaban J connectivity index is 0.000000835. The maximum Gasteiger partial charge on any atom is 0.228 e. The zero-order valence-corrected chi connectivity index (χ0v) is 38.2. The van der Waals surface area contributed by atoms with Crippen molar-refractivity contribution < 1.29 is 28.2 Å². The van der Waals surface area contributed by atoms with Crippen LogP contribution in [-0.2, 0) is 21.7 Å². The highest BCUT2D eigenvalue weighted by atomic mass is 19.1. The molecule has 11 nitrogen and oxygen atoms in total. The van der Waals surface area contributed by atoms with Gasteiger partial charge < -0.3 is 24.4 Å². The molecule has 60 heavy (non-hydrogen) atoms. The van der Waals surface area contributed by atoms with Crippen LogP contribution in [0, 0.1) is 23.5 Å². The minimum Gasteiger partial charge on any atom is -0.494 e. The van der Waals surface area contributed by atoms with Crippen LogP contribution in [0.15, 0.2) is 83.7 Å². The zero-order valence-electron chi connectivity index (χ0n) is 38.2. The van der Waals surface area contributed by atoms with Gasteiger partial charge in [-0.2, -0.15) is 5.10 Å². The van der Waals surface area contributed by atoms with E-state index in [-0.39, 0.29) is 24.1 Å². The number of benzene rings is 2. The molecule has 0 saturated carbocycles. The Morgan fingerprint density at radius 3 is 2.10 bits per heavy atom. The number of ether oxygens (including phenoxy) is 2. The third-order valence-corrected chi connectivity index (χ3v) is 10.2. The topological polar surface area (TPSA) is 109 Å². The summed E-state index contributed by atoms with van der Waals surface area (Å²) < 4.78 is 42.5. The summed E-state index contributed by atoms with van der Waals surface area (Å²) in [5, 5.41) is 13.0. The first kappa shape index (κ1) is 51.5. The minimum absolute atomic E-state index is 0.0347. The molecule has 0 radical (unpaired) electrons. The number of halogens is 2. The second kappa shape index (κ2) is 27.3. The van der Waals surface area contributed by atoms with Crippen molar-refractivity contribution in [2.75, 3.05) is 51.3 Å². The highest BCUT2D eigenvalue weighted by Gasteiger charge is 2.35. The van der Waals surface area contributed by atoms with Crippen LogP contribution in [-0.4, -0.2) is 94.5 Å². The molecular formula is C47H73F2N7O4. The van der Waals surface area contributed by atoms with E-state index in [1.807, 2.05) is 52.8 Å². The van der Waals surface area contributed by atoms with Gasteiger partial charge in [-0.25, -0.2) is 18.4 Å². The summed E-state index contributed by atoms with van der Waals surface area (Å²) in [5.74, 6) is 0.740. The number of hydrogen-bond acceptors (Lipinski definition) is 9. The van der Waals surface area contributed by atoms with Gasteiger partial charge in [-0.15, -0.1) is 0 Å². The SMILES string of the molecule is CC.CC(C)C.CCC(C)C(C)O.CC[C@@](Cn1cncn1)(OCCCOc1ccc(N2CCN(C3=CC=C(N(C=NC)C(C)=O)CC3)CC2)cc1)c1ccc(F)cc1F. The van der Waals surface area contributed by atoms with E-state index < -0.39 is 17.2 Å². The number of aliphatic hydroxyl groups excluding tert-OH is 1. The van der Waals surface area contributed by atoms with E-state index >= 15 is 0 Å². The van der Waals surface area contributed by atoms with Crippen LogP contribution >= 0.6 is 0 Å². The molecule has 2 aliphatic rings. The summed E-state index contributed by atoms with van der Waals surface area (Å²) in [4.78, 5) is 26.4. The summed E-state index contributed by atoms with van der Waals surface area (Å²) in [6.07, 6.45) is 12.4. The number of aromatic nitrogens is 3. The second-order valence-corrected chi connectivity index (χ2v) is 15.5. The molecule has 334 valence electrons. The Bertz CT molecular complexity index is 1740. The Morgan fingerprint density at radius 1 is 0.967 bits per heavy atom. The molecule has 1 aliphatic heterocycles. The number of allylic oxidation sites excluding steroid dienone is 4. The lowest BCUT2D eigenvalue weighted by atomic mass is 9.90. The molecule has 2 aromatic carbocycles. The van der Waals surface area contributed by atoms with Crippen LogP contribution in [0.1, 0.15) is 107 Å². The molecule has 3 atom stereocenters. The van der Waals surface area contributed by atoms with E-state index in [2.05, 4.69) is 70.8 Å². The number of aliphatic hydroxyl groups is 1. The molecule has 1 fully saturated rings. The monoisotopic (exact) mass is 838 g/mol. The van der Waals surface area contributed by atoms with E-state index in [1.165, 1.54) is 24.2 Å². The van der Waals surface area contributed by atoms with E-state index in [0.717, 1.165) is 74.6 Å². The fraction of sp³-hybridized carbons (Fsp3) is 0.574. The Morgan fingerprint density at radius 2 is 1.62 bits per heavy atom. The summed E-state index contributed by atoms with van der Waals surface area (Å²) in [7, 11) is 1.67. The van der Waals surface area contributed by atoms with Gasteiger partial charge in [0.15, 0.2) is 0 Å². The van der Waals surface area contributed by atoms with E-state index in [0.29, 0.717) is 32.0 Å². The molecule has 2 heterocycles. The maximum atomic E-state index is 14.9. The predicted molar refractivity (Wildman–Crippen MR) is 240 cm³/mol. The first-order chi connectivity index (χ1) is 28.7. The molecule has 13 heteroatoms. The van der Waals surface area contributed by atoms with Gasteiger partial charge in [0.05, 0.1) is 32.2 Å². The van der Waals surface area contributed by atoms with Crippen LogP contribution in [0.4, 0.5) is 14.5 Å². The number of anilines is 1. The Kier molecular flexibility index (Phi) is 23.4. The molecule has 2 unspecified atom stereocenters. The van der Waals surface area contributed by atoms with Gasteiger partial charge >= 0.3 is 0 Å². The number of piperazine rings is 1. The number of amides is 1. The average molecular weight is 838 g/mol. The highest BCUT2D eigenvalue weighted by molar-refractivity contribution is 5.88. The van der Waals surface area contributed by atoms with Gasteiger partial charge in [-0.1, -0.05) is 67.9 Å². The van der Waals surface area contributed by atoms with Crippen molar-refractivity contribution in [2.24, 2.45) is 16.8 Å². The van der Waals surface area contributed by atoms with Crippen molar-refractivity contribution in [3.8, 4) is 5.75 Å². The lowest BCUT2D eigenvalue weighted by Gasteiger charge is -2.39. The highest BCUT2D eigenvalue weighted by Crippen LogP contribution is 2.34. The lowest BCUT2D eigenvalue weighted by molar-refractivity contribution is -0.123. The Hall–Kier alpha value is -4.62. The molecule has 0 bridgehead atoms. The summed E-state index contributed by atoms with van der Waals surface area (Å²) in [5.41, 5.74) is 2.67. The van der Waals surface area contributed by atoms with Crippen LogP contribution in [0.2, 0.25) is 0 Å². The number of aliphatic imine (C=N–C) groups is 1. The summed E-state index contributed by atoms with van der Waals surface area (Å²) in [6.45, 7) is 24.6. The van der Waals surface area contributed by atoms with E-state index in [1.54, 1.807) is 36.2 Å². The smallest absolute Gasteiger partial charge is 0.228 e. The maximum absolute atomic E-state index is 14.9. The van der Waals surface area contributed by atoms with Crippen LogP contribution < -0.4 is 9.64 Å². The van der Waals surface area contributed by atoms with Gasteiger partial charge in [0.1, 0.15) is 35.6 Å². The Labute approximate surface area is 359 Å². The minimum atomic E-state index is -1.04. The predicted octanol–water partition coefficient (Wildman–Crippen LogP) is 9.64. The van der Waals surface area contributed by atoms with Gasteiger partial charge in [-0.3, -0.25) is 14.7 Å². The van der Waals surface area contributed by atoms with Crippen LogP contribution in [0.5, 0.6) is 5.75 Å². The van der Waals surface area contributed by atoms with Crippen molar-refractivity contribution in [2.45, 2.75) is 120 Å². The zero-order chi connectivity index (χ0) is 44.7. The molecular weight excluding hydrogens is 765 g/mol. The van der Waals surface area contributed by atoms with Gasteiger partial charge in [0.2, 0.25) is 5.91 Å². The van der Waals surface area contributed by atoms with Crippen molar-refractivity contribution >= 4 is 17.9 Å². The number of hydrogen-bond donors (Lipinski definition) is 1. The number of nitrogens with zero attached hydrogens (tertiary/aromatic N) is 7. The van der Waals surface area contributed by atoms with Crippen molar-refractivity contribution in [1.82, 2.24) is 24.6 Å². The molecule has 1 N–H and O–H groups in total. The van der Waals surface area contributed by atoms with Gasteiger partial charge in [0.25, 0.3) is 0 Å².